The summed E-state index contributed by atoms with van der Waals surface area (Å²) in [5.74, 6) is -0.357. The molecule has 0 spiro atoms. The zero-order valence-corrected chi connectivity index (χ0v) is 17.2. The van der Waals surface area contributed by atoms with Crippen LogP contribution in [-0.4, -0.2) is 50.1 Å². The molecule has 3 rings (SSSR count). The lowest BCUT2D eigenvalue weighted by atomic mass is 10.1. The van der Waals surface area contributed by atoms with E-state index in [0.717, 1.165) is 5.69 Å². The van der Waals surface area contributed by atoms with E-state index < -0.39 is 12.1 Å². The third-order valence-corrected chi connectivity index (χ3v) is 4.48. The van der Waals surface area contributed by atoms with E-state index in [2.05, 4.69) is 10.6 Å². The Hall–Kier alpha value is -3.55. The van der Waals surface area contributed by atoms with Crippen LogP contribution in [0.3, 0.4) is 0 Å². The Morgan fingerprint density at radius 3 is 2.50 bits per heavy atom. The Morgan fingerprint density at radius 2 is 1.83 bits per heavy atom. The van der Waals surface area contributed by atoms with Gasteiger partial charge >= 0.3 is 5.97 Å². The van der Waals surface area contributed by atoms with Crippen molar-refractivity contribution in [2.24, 2.45) is 0 Å². The normalized spacial score (nSPS) is 15.1. The number of para-hydroxylation sites is 2. The molecule has 2 amide bonds. The van der Waals surface area contributed by atoms with Gasteiger partial charge in [-0.15, -0.1) is 0 Å². The fourth-order valence-electron chi connectivity index (χ4n) is 3.10. The fourth-order valence-corrected chi connectivity index (χ4v) is 3.10. The minimum atomic E-state index is -0.705. The molecular weight excluding hydrogens is 386 g/mol. The lowest BCUT2D eigenvalue weighted by Gasteiger charge is -2.34. The summed E-state index contributed by atoms with van der Waals surface area (Å²) >= 11 is 0. The molecule has 8 heteroatoms. The monoisotopic (exact) mass is 411 g/mol. The largest absolute Gasteiger partial charge is 0.477 e. The predicted molar refractivity (Wildman–Crippen MR) is 113 cm³/mol. The first kappa shape index (κ1) is 21.2. The Balaban J connectivity index is 1.66. The lowest BCUT2D eigenvalue weighted by molar-refractivity contribution is -0.127. The van der Waals surface area contributed by atoms with Crippen LogP contribution in [0.2, 0.25) is 0 Å². The molecule has 1 atom stereocenters. The number of esters is 1. The highest BCUT2D eigenvalue weighted by Gasteiger charge is 2.31. The molecule has 8 nitrogen and oxygen atoms in total. The summed E-state index contributed by atoms with van der Waals surface area (Å²) in [7, 11) is 1.55. The van der Waals surface area contributed by atoms with Gasteiger partial charge in [0.15, 0.2) is 6.10 Å². The van der Waals surface area contributed by atoms with E-state index in [1.54, 1.807) is 51.2 Å². The van der Waals surface area contributed by atoms with Crippen LogP contribution in [0.25, 0.3) is 0 Å². The maximum atomic E-state index is 12.6. The van der Waals surface area contributed by atoms with Crippen molar-refractivity contribution in [3.8, 4) is 5.75 Å². The molecule has 30 heavy (non-hydrogen) atoms. The highest BCUT2D eigenvalue weighted by Crippen LogP contribution is 2.33. The standard InChI is InChI=1S/C22H25N3O5/c1-14(2)29-22(28)15-8-10-16(11-9-15)24-20(26)13-25-12-19(21(27)23-3)30-18-7-5-4-6-17(18)25/h4-11,14,19H,12-13H2,1-3H3,(H,23,27)(H,24,26)/t19-/m1/s1. The number of nitrogens with zero attached hydrogens (tertiary/aromatic N) is 1. The molecule has 2 aromatic rings. The van der Waals surface area contributed by atoms with Gasteiger partial charge in [-0.05, 0) is 50.2 Å². The van der Waals surface area contributed by atoms with Crippen LogP contribution in [0, 0.1) is 0 Å². The van der Waals surface area contributed by atoms with Gasteiger partial charge in [0.1, 0.15) is 5.75 Å². The molecule has 0 fully saturated rings. The van der Waals surface area contributed by atoms with Crippen molar-refractivity contribution in [3.05, 3.63) is 54.1 Å². The zero-order valence-electron chi connectivity index (χ0n) is 17.2. The van der Waals surface area contributed by atoms with E-state index in [1.807, 2.05) is 23.1 Å². The highest BCUT2D eigenvalue weighted by molar-refractivity contribution is 5.96. The topological polar surface area (TPSA) is 97.0 Å². The molecule has 0 aromatic heterocycles. The van der Waals surface area contributed by atoms with E-state index >= 15 is 0 Å². The second-order valence-electron chi connectivity index (χ2n) is 7.15. The second kappa shape index (κ2) is 9.30. The van der Waals surface area contributed by atoms with E-state index in [-0.39, 0.29) is 31.0 Å². The van der Waals surface area contributed by atoms with Gasteiger partial charge in [-0.3, -0.25) is 9.59 Å². The molecule has 1 heterocycles. The Morgan fingerprint density at radius 1 is 1.13 bits per heavy atom. The number of benzene rings is 2. The maximum Gasteiger partial charge on any atom is 0.338 e. The number of ether oxygens (including phenoxy) is 2. The smallest absolute Gasteiger partial charge is 0.338 e. The Labute approximate surface area is 175 Å². The first-order valence-electron chi connectivity index (χ1n) is 9.70. The molecule has 158 valence electrons. The molecular formula is C22H25N3O5. The quantitative estimate of drug-likeness (QED) is 0.708. The second-order valence-corrected chi connectivity index (χ2v) is 7.15. The number of amides is 2. The van der Waals surface area contributed by atoms with Crippen LogP contribution < -0.4 is 20.3 Å². The molecule has 0 aliphatic carbocycles. The van der Waals surface area contributed by atoms with Crippen LogP contribution in [-0.2, 0) is 14.3 Å². The van der Waals surface area contributed by atoms with Gasteiger partial charge in [-0.2, -0.15) is 0 Å². The van der Waals surface area contributed by atoms with Crippen molar-refractivity contribution >= 4 is 29.2 Å². The summed E-state index contributed by atoms with van der Waals surface area (Å²) in [6.45, 7) is 3.87. The van der Waals surface area contributed by atoms with Crippen molar-refractivity contribution in [2.45, 2.75) is 26.1 Å². The van der Waals surface area contributed by atoms with Gasteiger partial charge in [0.25, 0.3) is 5.91 Å². The number of likely N-dealkylation sites (N-methyl/N-ethyl adjacent to an activating group) is 1. The SMILES string of the molecule is CNC(=O)[C@H]1CN(CC(=O)Nc2ccc(C(=O)OC(C)C)cc2)c2ccccc2O1. The number of carbonyl (C=O) groups is 3. The molecule has 2 aromatic carbocycles. The summed E-state index contributed by atoms with van der Waals surface area (Å²) in [6, 6.07) is 13.8. The maximum absolute atomic E-state index is 12.6. The average Bonchev–Trinajstić information content (AvgIpc) is 2.73. The van der Waals surface area contributed by atoms with Crippen molar-refractivity contribution in [1.82, 2.24) is 5.32 Å². The molecule has 0 bridgehead atoms. The minimum Gasteiger partial charge on any atom is -0.477 e. The van der Waals surface area contributed by atoms with Gasteiger partial charge in [-0.25, -0.2) is 4.79 Å². The van der Waals surface area contributed by atoms with E-state index in [9.17, 15) is 14.4 Å². The molecule has 2 N–H and O–H groups in total. The highest BCUT2D eigenvalue weighted by atomic mass is 16.5. The number of hydrogen-bond donors (Lipinski definition) is 2. The lowest BCUT2D eigenvalue weighted by Crippen LogP contribution is -2.50. The Kier molecular flexibility index (Phi) is 6.56. The van der Waals surface area contributed by atoms with E-state index in [4.69, 9.17) is 9.47 Å². The number of fused-ring (bicyclic) bond motifs is 1. The first-order chi connectivity index (χ1) is 14.4. The summed E-state index contributed by atoms with van der Waals surface area (Å²) < 4.78 is 10.9. The number of hydrogen-bond acceptors (Lipinski definition) is 6. The van der Waals surface area contributed by atoms with Gasteiger partial charge in [-0.1, -0.05) is 12.1 Å². The zero-order chi connectivity index (χ0) is 21.7. The van der Waals surface area contributed by atoms with E-state index in [0.29, 0.717) is 17.0 Å². The molecule has 1 aliphatic heterocycles. The number of carbonyl (C=O) groups excluding carboxylic acids is 3. The van der Waals surface area contributed by atoms with Crippen LogP contribution in [0.15, 0.2) is 48.5 Å². The van der Waals surface area contributed by atoms with Crippen molar-refractivity contribution in [2.75, 3.05) is 30.4 Å². The number of nitrogens with one attached hydrogen (secondary N) is 2. The van der Waals surface area contributed by atoms with E-state index in [1.165, 1.54) is 0 Å². The van der Waals surface area contributed by atoms with Crippen molar-refractivity contribution in [3.63, 3.8) is 0 Å². The summed E-state index contributed by atoms with van der Waals surface area (Å²) in [4.78, 5) is 38.4. The predicted octanol–water partition coefficient (Wildman–Crippen LogP) is 2.20. The Bertz CT molecular complexity index is 927. The van der Waals surface area contributed by atoms with Gasteiger partial charge in [0.05, 0.1) is 30.4 Å². The summed E-state index contributed by atoms with van der Waals surface area (Å²) in [5, 5.41) is 5.39. The molecule has 0 saturated heterocycles. The van der Waals surface area contributed by atoms with Gasteiger partial charge in [0.2, 0.25) is 5.91 Å². The van der Waals surface area contributed by atoms with Crippen molar-refractivity contribution < 1.29 is 23.9 Å². The molecule has 0 radical (unpaired) electrons. The minimum absolute atomic E-state index is 0.0466. The number of anilines is 2. The number of rotatable bonds is 6. The van der Waals surface area contributed by atoms with Crippen molar-refractivity contribution in [1.29, 1.82) is 0 Å². The average molecular weight is 411 g/mol. The fraction of sp³-hybridized carbons (Fsp3) is 0.318. The van der Waals surface area contributed by atoms with Crippen LogP contribution >= 0.6 is 0 Å². The molecule has 0 unspecified atom stereocenters. The summed E-state index contributed by atoms with van der Waals surface area (Å²) in [5.41, 5.74) is 1.72. The van der Waals surface area contributed by atoms with Crippen LogP contribution in [0.5, 0.6) is 5.75 Å². The third-order valence-electron chi connectivity index (χ3n) is 4.48. The summed E-state index contributed by atoms with van der Waals surface area (Å²) in [6.07, 6.45) is -0.907. The third kappa shape index (κ3) is 5.08. The molecule has 0 saturated carbocycles. The van der Waals surface area contributed by atoms with Crippen LogP contribution in [0.1, 0.15) is 24.2 Å². The molecule has 1 aliphatic rings. The van der Waals surface area contributed by atoms with Crippen LogP contribution in [0.4, 0.5) is 11.4 Å². The van der Waals surface area contributed by atoms with Gasteiger partial charge < -0.3 is 25.0 Å². The van der Waals surface area contributed by atoms with Gasteiger partial charge in [0, 0.05) is 12.7 Å². The first-order valence-corrected chi connectivity index (χ1v) is 9.70.